The molecule has 0 saturated carbocycles. The molecule has 0 aliphatic rings. The zero-order valence-electron chi connectivity index (χ0n) is 15.9. The Morgan fingerprint density at radius 2 is 1.60 bits per heavy atom. The highest BCUT2D eigenvalue weighted by Gasteiger charge is 2.18. The van der Waals surface area contributed by atoms with Gasteiger partial charge in [-0.25, -0.2) is 0 Å². The van der Waals surface area contributed by atoms with Crippen LogP contribution in [-0.2, 0) is 16.0 Å². The number of carbonyl (C=O) groups excluding carboxylic acids is 1. The highest BCUT2D eigenvalue weighted by Crippen LogP contribution is 2.24. The van der Waals surface area contributed by atoms with E-state index in [1.807, 2.05) is 32.0 Å². The van der Waals surface area contributed by atoms with Crippen molar-refractivity contribution in [3.05, 3.63) is 71.3 Å². The summed E-state index contributed by atoms with van der Waals surface area (Å²) in [5, 5.41) is 3.06. The van der Waals surface area contributed by atoms with Gasteiger partial charge in [-0.2, -0.15) is 0 Å². The molecule has 2 aromatic rings. The fourth-order valence-electron chi connectivity index (χ4n) is 2.56. The Morgan fingerprint density at radius 3 is 2.16 bits per heavy atom. The lowest BCUT2D eigenvalue weighted by Crippen LogP contribution is -2.33. The number of hydrogen-bond acceptors (Lipinski definition) is 2. The molecule has 2 nitrogen and oxygen atoms in total. The largest absolute Gasteiger partial charge is 0.349 e. The van der Waals surface area contributed by atoms with Crippen LogP contribution in [0.25, 0.3) is 0 Å². The van der Waals surface area contributed by atoms with Gasteiger partial charge >= 0.3 is 0 Å². The topological polar surface area (TPSA) is 29.1 Å². The summed E-state index contributed by atoms with van der Waals surface area (Å²) >= 11 is 1.67. The molecule has 134 valence electrons. The van der Waals surface area contributed by atoms with E-state index in [4.69, 9.17) is 0 Å². The first-order valence-corrected chi connectivity index (χ1v) is 9.88. The van der Waals surface area contributed by atoms with Gasteiger partial charge in [-0.1, -0.05) is 75.4 Å². The van der Waals surface area contributed by atoms with Crippen molar-refractivity contribution >= 4 is 17.7 Å². The summed E-state index contributed by atoms with van der Waals surface area (Å²) in [6.45, 7) is 10.6. The van der Waals surface area contributed by atoms with Crippen molar-refractivity contribution in [2.45, 2.75) is 57.1 Å². The highest BCUT2D eigenvalue weighted by atomic mass is 32.2. The third kappa shape index (κ3) is 5.93. The summed E-state index contributed by atoms with van der Waals surface area (Å²) in [6, 6.07) is 18.8. The number of thioether (sulfide) groups is 1. The molecule has 2 aromatic carbocycles. The van der Waals surface area contributed by atoms with Crippen LogP contribution < -0.4 is 5.32 Å². The quantitative estimate of drug-likeness (QED) is 0.743. The summed E-state index contributed by atoms with van der Waals surface area (Å²) in [6.07, 6.45) is 0. The molecule has 2 atom stereocenters. The monoisotopic (exact) mass is 355 g/mol. The van der Waals surface area contributed by atoms with Crippen molar-refractivity contribution in [1.29, 1.82) is 0 Å². The minimum atomic E-state index is -0.0727. The molecular weight excluding hydrogens is 326 g/mol. The lowest BCUT2D eigenvalue weighted by Gasteiger charge is -2.21. The molecule has 3 heteroatoms. The maximum Gasteiger partial charge on any atom is 0.233 e. The van der Waals surface area contributed by atoms with Crippen molar-refractivity contribution in [2.75, 3.05) is 0 Å². The lowest BCUT2D eigenvalue weighted by molar-refractivity contribution is -0.120. The third-order valence-corrected chi connectivity index (χ3v) is 5.56. The SMILES string of the molecule is C[C@@H](SCc1ccccc1)C(=O)N[C@H](C)c1ccc(C(C)(C)C)cc1. The Balaban J connectivity index is 1.88. The van der Waals surface area contributed by atoms with Gasteiger partial charge in [0.15, 0.2) is 0 Å². The van der Waals surface area contributed by atoms with Crippen LogP contribution in [0.5, 0.6) is 0 Å². The van der Waals surface area contributed by atoms with E-state index < -0.39 is 0 Å². The van der Waals surface area contributed by atoms with Crippen LogP contribution in [0, 0.1) is 0 Å². The van der Waals surface area contributed by atoms with Gasteiger partial charge in [0.1, 0.15) is 0 Å². The van der Waals surface area contributed by atoms with Crippen LogP contribution in [0.15, 0.2) is 54.6 Å². The molecular formula is C22H29NOS. The normalized spacial score (nSPS) is 14.0. The van der Waals surface area contributed by atoms with Crippen LogP contribution in [-0.4, -0.2) is 11.2 Å². The molecule has 0 bridgehead atoms. The molecule has 0 aliphatic carbocycles. The maximum absolute atomic E-state index is 12.4. The van der Waals surface area contributed by atoms with Gasteiger partial charge in [-0.05, 0) is 36.0 Å². The Hall–Kier alpha value is -1.74. The number of rotatable bonds is 6. The standard InChI is InChI=1S/C22H29NOS/c1-16(19-11-13-20(14-12-19)22(3,4)5)23-21(24)17(2)25-15-18-9-7-6-8-10-18/h6-14,16-17H,15H2,1-5H3,(H,23,24)/t16-,17-/m1/s1. The summed E-state index contributed by atoms with van der Waals surface area (Å²) in [5.41, 5.74) is 3.84. The number of benzene rings is 2. The van der Waals surface area contributed by atoms with E-state index in [1.165, 1.54) is 11.1 Å². The molecule has 0 saturated heterocycles. The Kier molecular flexibility index (Phi) is 6.71. The van der Waals surface area contributed by atoms with Gasteiger partial charge < -0.3 is 5.32 Å². The van der Waals surface area contributed by atoms with E-state index in [0.29, 0.717) is 0 Å². The van der Waals surface area contributed by atoms with Crippen molar-refractivity contribution in [2.24, 2.45) is 0 Å². The smallest absolute Gasteiger partial charge is 0.233 e. The van der Waals surface area contributed by atoms with E-state index in [1.54, 1.807) is 11.8 Å². The average Bonchev–Trinajstić information content (AvgIpc) is 2.59. The predicted molar refractivity (Wildman–Crippen MR) is 109 cm³/mol. The van der Waals surface area contributed by atoms with Gasteiger partial charge in [0.05, 0.1) is 11.3 Å². The minimum Gasteiger partial charge on any atom is -0.349 e. The van der Waals surface area contributed by atoms with Gasteiger partial charge in [0.2, 0.25) is 5.91 Å². The maximum atomic E-state index is 12.4. The average molecular weight is 356 g/mol. The first-order chi connectivity index (χ1) is 11.8. The van der Waals surface area contributed by atoms with E-state index in [-0.39, 0.29) is 22.6 Å². The molecule has 0 unspecified atom stereocenters. The van der Waals surface area contributed by atoms with Crippen LogP contribution in [0.2, 0.25) is 0 Å². The minimum absolute atomic E-state index is 0.0151. The lowest BCUT2D eigenvalue weighted by atomic mass is 9.86. The summed E-state index contributed by atoms with van der Waals surface area (Å²) in [4.78, 5) is 12.4. The van der Waals surface area contributed by atoms with Crippen LogP contribution in [0.3, 0.4) is 0 Å². The van der Waals surface area contributed by atoms with E-state index >= 15 is 0 Å². The van der Waals surface area contributed by atoms with Gasteiger partial charge in [0, 0.05) is 5.75 Å². The molecule has 25 heavy (non-hydrogen) atoms. The summed E-state index contributed by atoms with van der Waals surface area (Å²) < 4.78 is 0. The molecule has 0 aromatic heterocycles. The van der Waals surface area contributed by atoms with Crippen LogP contribution in [0.4, 0.5) is 0 Å². The molecule has 0 heterocycles. The Labute approximate surface area is 156 Å². The zero-order valence-corrected chi connectivity index (χ0v) is 16.7. The summed E-state index contributed by atoms with van der Waals surface area (Å²) in [5.74, 6) is 0.942. The molecule has 0 spiro atoms. The van der Waals surface area contributed by atoms with Gasteiger partial charge in [-0.3, -0.25) is 4.79 Å². The molecule has 1 amide bonds. The second-order valence-corrected chi connectivity index (χ2v) is 8.87. The third-order valence-electron chi connectivity index (χ3n) is 4.35. The van der Waals surface area contributed by atoms with Crippen LogP contribution in [0.1, 0.15) is 57.4 Å². The van der Waals surface area contributed by atoms with E-state index in [2.05, 4.69) is 62.5 Å². The zero-order chi connectivity index (χ0) is 18.4. The molecule has 0 aliphatic heterocycles. The molecule has 0 radical (unpaired) electrons. The Bertz CT molecular complexity index is 673. The molecule has 1 N–H and O–H groups in total. The number of amides is 1. The highest BCUT2D eigenvalue weighted by molar-refractivity contribution is 7.99. The van der Waals surface area contributed by atoms with Crippen molar-refractivity contribution in [1.82, 2.24) is 5.32 Å². The Morgan fingerprint density at radius 1 is 1.00 bits per heavy atom. The molecule has 0 fully saturated rings. The van der Waals surface area contributed by atoms with Gasteiger partial charge in [0.25, 0.3) is 0 Å². The summed E-state index contributed by atoms with van der Waals surface area (Å²) in [7, 11) is 0. The number of hydrogen-bond donors (Lipinski definition) is 1. The van der Waals surface area contributed by atoms with Crippen molar-refractivity contribution in [3.63, 3.8) is 0 Å². The fraction of sp³-hybridized carbons (Fsp3) is 0.409. The van der Waals surface area contributed by atoms with Crippen molar-refractivity contribution < 1.29 is 4.79 Å². The predicted octanol–water partition coefficient (Wildman–Crippen LogP) is 5.48. The van der Waals surface area contributed by atoms with E-state index in [9.17, 15) is 4.79 Å². The number of nitrogens with one attached hydrogen (secondary N) is 1. The second-order valence-electron chi connectivity index (χ2n) is 7.54. The fourth-order valence-corrected chi connectivity index (χ4v) is 3.41. The number of carbonyl (C=O) groups is 1. The van der Waals surface area contributed by atoms with Crippen molar-refractivity contribution in [3.8, 4) is 0 Å². The van der Waals surface area contributed by atoms with Crippen LogP contribution >= 0.6 is 11.8 Å². The molecule has 2 rings (SSSR count). The first kappa shape index (κ1) is 19.6. The van der Waals surface area contributed by atoms with E-state index in [0.717, 1.165) is 11.3 Å². The second kappa shape index (κ2) is 8.57. The van der Waals surface area contributed by atoms with Gasteiger partial charge in [-0.15, -0.1) is 11.8 Å². The first-order valence-electron chi connectivity index (χ1n) is 8.83.